The van der Waals surface area contributed by atoms with Crippen molar-refractivity contribution in [1.29, 1.82) is 0 Å². The van der Waals surface area contributed by atoms with E-state index >= 15 is 0 Å². The van der Waals surface area contributed by atoms with E-state index in [1.54, 1.807) is 18.3 Å². The first-order chi connectivity index (χ1) is 21.9. The van der Waals surface area contributed by atoms with E-state index < -0.39 is 23.8 Å². The Balaban J connectivity index is 0.953. The number of imide groups is 2. The number of benzene rings is 2. The van der Waals surface area contributed by atoms with Crippen LogP contribution < -0.4 is 10.2 Å². The van der Waals surface area contributed by atoms with Gasteiger partial charge in [0.25, 0.3) is 17.7 Å². The van der Waals surface area contributed by atoms with Gasteiger partial charge in [-0.15, -0.1) is 0 Å². The molecule has 11 heteroatoms. The van der Waals surface area contributed by atoms with Crippen molar-refractivity contribution in [2.75, 3.05) is 31.1 Å². The minimum Gasteiger partial charge on any atom is -0.371 e. The van der Waals surface area contributed by atoms with E-state index in [1.165, 1.54) is 0 Å². The molecule has 45 heavy (non-hydrogen) atoms. The highest BCUT2D eigenvalue weighted by Gasteiger charge is 2.46. The standard InChI is InChI=1S/C34H36N6O5/c41-29-9-8-28(31(42)36-29)40-33(44)26-6-2-7-27(30(26)34(40)45)37-16-10-23(11-17-37)24-12-18-38(19-13-24)32(43)25-5-1-4-22(20-25)21-39-15-3-14-35-39/h1-7,14-15,20,23-24,28H,8-13,16-19,21H2,(H,36,41,42). The van der Waals surface area contributed by atoms with Gasteiger partial charge in [-0.2, -0.15) is 5.10 Å². The fraction of sp³-hybridized carbons (Fsp3) is 0.412. The Morgan fingerprint density at radius 2 is 1.58 bits per heavy atom. The maximum atomic E-state index is 13.6. The molecule has 0 aliphatic carbocycles. The van der Waals surface area contributed by atoms with Crippen LogP contribution in [-0.2, 0) is 16.1 Å². The number of fused-ring (bicyclic) bond motifs is 1. The van der Waals surface area contributed by atoms with Gasteiger partial charge in [0, 0.05) is 50.6 Å². The van der Waals surface area contributed by atoms with Crippen LogP contribution in [0.15, 0.2) is 60.9 Å². The van der Waals surface area contributed by atoms with Crippen LogP contribution in [0.5, 0.6) is 0 Å². The predicted molar refractivity (Wildman–Crippen MR) is 164 cm³/mol. The number of nitrogens with zero attached hydrogens (tertiary/aromatic N) is 5. The van der Waals surface area contributed by atoms with Crippen molar-refractivity contribution in [3.05, 3.63) is 83.2 Å². The quantitative estimate of drug-likeness (QED) is 0.427. The highest BCUT2D eigenvalue weighted by Crippen LogP contribution is 2.38. The van der Waals surface area contributed by atoms with E-state index in [0.29, 0.717) is 35.1 Å². The molecule has 2 aromatic carbocycles. The second-order valence-electron chi connectivity index (χ2n) is 12.5. The number of likely N-dealkylation sites (tertiary alicyclic amines) is 1. The summed E-state index contributed by atoms with van der Waals surface area (Å²) in [4.78, 5) is 69.5. The molecule has 5 amide bonds. The molecule has 5 heterocycles. The first-order valence-electron chi connectivity index (χ1n) is 15.8. The first-order valence-corrected chi connectivity index (χ1v) is 15.8. The molecule has 1 atom stereocenters. The number of rotatable bonds is 6. The van der Waals surface area contributed by atoms with Gasteiger partial charge in [-0.25, -0.2) is 0 Å². The Bertz CT molecular complexity index is 1650. The maximum absolute atomic E-state index is 13.6. The fourth-order valence-electron chi connectivity index (χ4n) is 7.51. The zero-order valence-electron chi connectivity index (χ0n) is 25.1. The van der Waals surface area contributed by atoms with Gasteiger partial charge in [-0.1, -0.05) is 18.2 Å². The lowest BCUT2D eigenvalue weighted by Crippen LogP contribution is -2.54. The highest BCUT2D eigenvalue weighted by atomic mass is 16.2. The van der Waals surface area contributed by atoms with Gasteiger partial charge in [-0.3, -0.25) is 38.9 Å². The van der Waals surface area contributed by atoms with Crippen molar-refractivity contribution in [2.45, 2.75) is 51.1 Å². The monoisotopic (exact) mass is 608 g/mol. The number of nitrogens with one attached hydrogen (secondary N) is 1. The zero-order valence-corrected chi connectivity index (χ0v) is 25.1. The topological polar surface area (TPSA) is 125 Å². The molecule has 0 radical (unpaired) electrons. The molecule has 4 aliphatic rings. The Morgan fingerprint density at radius 1 is 0.844 bits per heavy atom. The minimum absolute atomic E-state index is 0.0779. The molecule has 7 rings (SSSR count). The lowest BCUT2D eigenvalue weighted by atomic mass is 9.78. The lowest BCUT2D eigenvalue weighted by molar-refractivity contribution is -0.136. The van der Waals surface area contributed by atoms with Gasteiger partial charge in [0.1, 0.15) is 6.04 Å². The van der Waals surface area contributed by atoms with Gasteiger partial charge in [0.15, 0.2) is 0 Å². The number of hydrogen-bond acceptors (Lipinski definition) is 7. The maximum Gasteiger partial charge on any atom is 0.264 e. The predicted octanol–water partition coefficient (Wildman–Crippen LogP) is 3.10. The van der Waals surface area contributed by atoms with Crippen molar-refractivity contribution in [3.8, 4) is 0 Å². The Labute approximate surface area is 261 Å². The number of hydrogen-bond donors (Lipinski definition) is 1. The summed E-state index contributed by atoms with van der Waals surface area (Å²) in [6.07, 6.45) is 7.77. The van der Waals surface area contributed by atoms with Gasteiger partial charge in [0.05, 0.1) is 23.4 Å². The summed E-state index contributed by atoms with van der Waals surface area (Å²) in [5, 5.41) is 6.52. The van der Waals surface area contributed by atoms with Crippen LogP contribution in [0.25, 0.3) is 0 Å². The second-order valence-corrected chi connectivity index (χ2v) is 12.5. The van der Waals surface area contributed by atoms with E-state index in [1.807, 2.05) is 52.2 Å². The lowest BCUT2D eigenvalue weighted by Gasteiger charge is -2.41. The number of amides is 5. The van der Waals surface area contributed by atoms with Crippen molar-refractivity contribution in [1.82, 2.24) is 24.9 Å². The van der Waals surface area contributed by atoms with Crippen LogP contribution in [0.3, 0.4) is 0 Å². The average molecular weight is 609 g/mol. The molecule has 0 saturated carbocycles. The second kappa shape index (κ2) is 11.9. The Hall–Kier alpha value is -4.80. The smallest absolute Gasteiger partial charge is 0.264 e. The summed E-state index contributed by atoms with van der Waals surface area (Å²) in [6, 6.07) is 14.0. The summed E-state index contributed by atoms with van der Waals surface area (Å²) >= 11 is 0. The van der Waals surface area contributed by atoms with Crippen molar-refractivity contribution >= 4 is 35.2 Å². The van der Waals surface area contributed by atoms with Gasteiger partial charge in [-0.05, 0) is 79.8 Å². The normalized spacial score (nSPS) is 21.3. The third kappa shape index (κ3) is 5.51. The first kappa shape index (κ1) is 28.9. The number of carbonyl (C=O) groups is 5. The SMILES string of the molecule is O=C1CCC(N2C(=O)c3cccc(N4CCC(C5CCN(C(=O)c6cccc(Cn7cccn7)c6)CC5)CC4)c3C2=O)C(=O)N1. The van der Waals surface area contributed by atoms with Crippen LogP contribution >= 0.6 is 0 Å². The summed E-state index contributed by atoms with van der Waals surface area (Å²) in [6.45, 7) is 3.65. The van der Waals surface area contributed by atoms with Gasteiger partial charge in [0.2, 0.25) is 11.8 Å². The van der Waals surface area contributed by atoms with Crippen LogP contribution in [0.4, 0.5) is 5.69 Å². The number of piperidine rings is 3. The van der Waals surface area contributed by atoms with E-state index in [0.717, 1.165) is 68.0 Å². The molecule has 11 nitrogen and oxygen atoms in total. The third-order valence-electron chi connectivity index (χ3n) is 9.90. The Kier molecular flexibility index (Phi) is 7.68. The molecule has 1 aromatic heterocycles. The summed E-state index contributed by atoms with van der Waals surface area (Å²) in [7, 11) is 0. The number of carbonyl (C=O) groups excluding carboxylic acids is 5. The Morgan fingerprint density at radius 3 is 2.29 bits per heavy atom. The van der Waals surface area contributed by atoms with Crippen LogP contribution in [0.1, 0.15) is 75.2 Å². The van der Waals surface area contributed by atoms with Crippen molar-refractivity contribution < 1.29 is 24.0 Å². The van der Waals surface area contributed by atoms with Crippen molar-refractivity contribution in [2.24, 2.45) is 11.8 Å². The largest absolute Gasteiger partial charge is 0.371 e. The molecule has 3 aromatic rings. The summed E-state index contributed by atoms with van der Waals surface area (Å²) in [5.74, 6) is -0.789. The van der Waals surface area contributed by atoms with E-state index in [4.69, 9.17) is 0 Å². The van der Waals surface area contributed by atoms with Crippen LogP contribution in [0, 0.1) is 11.8 Å². The van der Waals surface area contributed by atoms with E-state index in [-0.39, 0.29) is 24.7 Å². The molecule has 3 fully saturated rings. The highest BCUT2D eigenvalue weighted by molar-refractivity contribution is 6.25. The van der Waals surface area contributed by atoms with Crippen LogP contribution in [0.2, 0.25) is 0 Å². The molecule has 0 bridgehead atoms. The molecule has 0 spiro atoms. The fourth-order valence-corrected chi connectivity index (χ4v) is 7.51. The number of aromatic nitrogens is 2. The number of anilines is 1. The average Bonchev–Trinajstić information content (AvgIpc) is 3.67. The van der Waals surface area contributed by atoms with Gasteiger partial charge < -0.3 is 9.80 Å². The van der Waals surface area contributed by atoms with E-state index in [9.17, 15) is 24.0 Å². The van der Waals surface area contributed by atoms with Gasteiger partial charge >= 0.3 is 0 Å². The van der Waals surface area contributed by atoms with E-state index in [2.05, 4.69) is 15.3 Å². The third-order valence-corrected chi connectivity index (χ3v) is 9.90. The van der Waals surface area contributed by atoms with Crippen LogP contribution in [-0.4, -0.2) is 81.3 Å². The molecule has 1 N–H and O–H groups in total. The van der Waals surface area contributed by atoms with Crippen molar-refractivity contribution in [3.63, 3.8) is 0 Å². The molecular weight excluding hydrogens is 572 g/mol. The zero-order chi connectivity index (χ0) is 31.1. The molecule has 3 saturated heterocycles. The molecule has 4 aliphatic heterocycles. The summed E-state index contributed by atoms with van der Waals surface area (Å²) < 4.78 is 1.85. The minimum atomic E-state index is -0.975. The molecule has 1 unspecified atom stereocenters. The molecular formula is C34H36N6O5. The summed E-state index contributed by atoms with van der Waals surface area (Å²) in [5.41, 5.74) is 3.16. The molecule has 232 valence electrons.